The molecule has 1 rings (SSSR count). The van der Waals surface area contributed by atoms with E-state index >= 15 is 0 Å². The molecule has 0 saturated carbocycles. The molecule has 0 bridgehead atoms. The summed E-state index contributed by atoms with van der Waals surface area (Å²) in [6.07, 6.45) is 10.4. The van der Waals surface area contributed by atoms with E-state index in [0.29, 0.717) is 6.04 Å². The first kappa shape index (κ1) is 13.2. The van der Waals surface area contributed by atoms with Gasteiger partial charge >= 0.3 is 0 Å². The Balaban J connectivity index is 2.36. The summed E-state index contributed by atoms with van der Waals surface area (Å²) in [4.78, 5) is 4.48. The molecule has 0 radical (unpaired) electrons. The summed E-state index contributed by atoms with van der Waals surface area (Å²) in [5.74, 6) is 0.725. The van der Waals surface area contributed by atoms with Crippen molar-refractivity contribution in [2.45, 2.75) is 57.5 Å². The quantitative estimate of drug-likeness (QED) is 0.506. The molecule has 0 aromatic heterocycles. The Hall–Kier alpha value is -0.870. The Labute approximate surface area is 97.6 Å². The lowest BCUT2D eigenvalue weighted by Crippen LogP contribution is -2.20. The molecule has 4 N–H and O–H groups in total. The third-order valence-corrected chi connectivity index (χ3v) is 2.75. The lowest BCUT2D eigenvalue weighted by Gasteiger charge is -2.08. The van der Waals surface area contributed by atoms with Gasteiger partial charge in [0.15, 0.2) is 0 Å². The molecule has 2 atom stereocenters. The number of nitrogens with zero attached hydrogens (tertiary/aromatic N) is 1. The molecule has 0 amide bonds. The molecule has 16 heavy (non-hydrogen) atoms. The lowest BCUT2D eigenvalue weighted by atomic mass is 10.1. The Morgan fingerprint density at radius 1 is 1.56 bits per heavy atom. The van der Waals surface area contributed by atoms with Crippen LogP contribution < -0.4 is 11.2 Å². The Morgan fingerprint density at radius 3 is 3.06 bits per heavy atom. The SMILES string of the molecule is CC(N)C/C=C\CC1CCCCC(NO)=N1. The van der Waals surface area contributed by atoms with Crippen molar-refractivity contribution >= 4 is 5.84 Å². The van der Waals surface area contributed by atoms with Gasteiger partial charge < -0.3 is 5.73 Å². The molecular weight excluding hydrogens is 202 g/mol. The Morgan fingerprint density at radius 2 is 2.38 bits per heavy atom. The van der Waals surface area contributed by atoms with E-state index in [0.717, 1.165) is 37.9 Å². The topological polar surface area (TPSA) is 70.6 Å². The molecule has 2 unspecified atom stereocenters. The number of hydrogen-bond donors (Lipinski definition) is 3. The molecule has 0 fully saturated rings. The van der Waals surface area contributed by atoms with Crippen LogP contribution in [0.25, 0.3) is 0 Å². The molecule has 0 aromatic rings. The molecular formula is C12H23N3O. The summed E-state index contributed by atoms with van der Waals surface area (Å²) in [5.41, 5.74) is 7.85. The lowest BCUT2D eigenvalue weighted by molar-refractivity contribution is 0.231. The summed E-state index contributed by atoms with van der Waals surface area (Å²) in [7, 11) is 0. The molecule has 0 aliphatic carbocycles. The summed E-state index contributed by atoms with van der Waals surface area (Å²) in [5, 5.41) is 8.86. The number of nitrogens with one attached hydrogen (secondary N) is 1. The van der Waals surface area contributed by atoms with Gasteiger partial charge in [-0.05, 0) is 32.6 Å². The second-order valence-corrected chi connectivity index (χ2v) is 4.51. The number of hydrogen-bond acceptors (Lipinski definition) is 4. The van der Waals surface area contributed by atoms with Gasteiger partial charge in [-0.15, -0.1) is 0 Å². The largest absolute Gasteiger partial charge is 0.328 e. The number of nitrogens with two attached hydrogens (primary N) is 1. The van der Waals surface area contributed by atoms with Gasteiger partial charge in [-0.3, -0.25) is 15.7 Å². The number of rotatable bonds is 4. The zero-order valence-electron chi connectivity index (χ0n) is 10.0. The molecule has 0 saturated heterocycles. The summed E-state index contributed by atoms with van der Waals surface area (Å²) < 4.78 is 0. The predicted octanol–water partition coefficient (Wildman–Crippen LogP) is 1.99. The van der Waals surface area contributed by atoms with E-state index in [-0.39, 0.29) is 6.04 Å². The van der Waals surface area contributed by atoms with E-state index in [2.05, 4.69) is 22.6 Å². The first-order valence-electron chi connectivity index (χ1n) is 6.09. The number of amidine groups is 1. The van der Waals surface area contributed by atoms with Crippen molar-refractivity contribution in [2.24, 2.45) is 10.7 Å². The normalized spacial score (nSPS) is 23.9. The van der Waals surface area contributed by atoms with Crippen molar-refractivity contribution in [2.75, 3.05) is 0 Å². The van der Waals surface area contributed by atoms with Gasteiger partial charge in [0.05, 0.1) is 6.04 Å². The molecule has 0 aromatic carbocycles. The minimum atomic E-state index is 0.226. The zero-order chi connectivity index (χ0) is 11.8. The maximum Gasteiger partial charge on any atom is 0.120 e. The minimum Gasteiger partial charge on any atom is -0.328 e. The second kappa shape index (κ2) is 7.41. The van der Waals surface area contributed by atoms with Crippen molar-refractivity contribution in [3.63, 3.8) is 0 Å². The Kier molecular flexibility index (Phi) is 6.11. The molecule has 1 aliphatic rings. The number of hydroxylamine groups is 1. The molecule has 4 nitrogen and oxygen atoms in total. The average molecular weight is 225 g/mol. The van der Waals surface area contributed by atoms with Gasteiger partial charge in [0.25, 0.3) is 0 Å². The van der Waals surface area contributed by atoms with Gasteiger partial charge in [-0.2, -0.15) is 0 Å². The maximum atomic E-state index is 8.86. The molecule has 92 valence electrons. The summed E-state index contributed by atoms with van der Waals surface area (Å²) >= 11 is 0. The third-order valence-electron chi connectivity index (χ3n) is 2.75. The van der Waals surface area contributed by atoms with Crippen LogP contribution in [0.3, 0.4) is 0 Å². The van der Waals surface area contributed by atoms with E-state index in [1.54, 1.807) is 0 Å². The monoisotopic (exact) mass is 225 g/mol. The fourth-order valence-electron chi connectivity index (χ4n) is 1.84. The van der Waals surface area contributed by atoms with Crippen LogP contribution in [0.5, 0.6) is 0 Å². The zero-order valence-corrected chi connectivity index (χ0v) is 10.0. The average Bonchev–Trinajstić information content (AvgIpc) is 2.49. The fourth-order valence-corrected chi connectivity index (χ4v) is 1.84. The van der Waals surface area contributed by atoms with Crippen molar-refractivity contribution in [3.8, 4) is 0 Å². The van der Waals surface area contributed by atoms with Crippen molar-refractivity contribution in [1.29, 1.82) is 0 Å². The van der Waals surface area contributed by atoms with E-state index in [1.165, 1.54) is 6.42 Å². The Bertz CT molecular complexity index is 249. The van der Waals surface area contributed by atoms with Crippen LogP contribution in [0.2, 0.25) is 0 Å². The van der Waals surface area contributed by atoms with E-state index in [4.69, 9.17) is 10.9 Å². The molecule has 0 spiro atoms. The third kappa shape index (κ3) is 5.28. The molecule has 1 aliphatic heterocycles. The highest BCUT2D eigenvalue weighted by molar-refractivity contribution is 5.81. The van der Waals surface area contributed by atoms with Crippen LogP contribution in [0.15, 0.2) is 17.1 Å². The smallest absolute Gasteiger partial charge is 0.120 e. The van der Waals surface area contributed by atoms with Crippen LogP contribution in [-0.2, 0) is 0 Å². The van der Waals surface area contributed by atoms with Crippen LogP contribution in [0.4, 0.5) is 0 Å². The van der Waals surface area contributed by atoms with Crippen LogP contribution in [0.1, 0.15) is 45.4 Å². The minimum absolute atomic E-state index is 0.226. The predicted molar refractivity (Wildman–Crippen MR) is 66.6 cm³/mol. The van der Waals surface area contributed by atoms with E-state index in [1.807, 2.05) is 6.92 Å². The van der Waals surface area contributed by atoms with Crippen LogP contribution in [0, 0.1) is 0 Å². The van der Waals surface area contributed by atoms with Crippen molar-refractivity contribution in [3.05, 3.63) is 12.2 Å². The fraction of sp³-hybridized carbons (Fsp3) is 0.750. The summed E-state index contributed by atoms with van der Waals surface area (Å²) in [6, 6.07) is 0.532. The molecule has 1 heterocycles. The van der Waals surface area contributed by atoms with Crippen molar-refractivity contribution in [1.82, 2.24) is 5.48 Å². The van der Waals surface area contributed by atoms with Gasteiger partial charge in [0.1, 0.15) is 5.84 Å². The molecule has 4 heteroatoms. The highest BCUT2D eigenvalue weighted by Crippen LogP contribution is 2.16. The van der Waals surface area contributed by atoms with Crippen molar-refractivity contribution < 1.29 is 5.21 Å². The van der Waals surface area contributed by atoms with Gasteiger partial charge in [0, 0.05) is 12.5 Å². The maximum absolute atomic E-state index is 8.86. The van der Waals surface area contributed by atoms with Gasteiger partial charge in [0.2, 0.25) is 0 Å². The van der Waals surface area contributed by atoms with Crippen LogP contribution >= 0.6 is 0 Å². The first-order chi connectivity index (χ1) is 7.72. The van der Waals surface area contributed by atoms with Crippen LogP contribution in [-0.4, -0.2) is 23.1 Å². The first-order valence-corrected chi connectivity index (χ1v) is 6.09. The van der Waals surface area contributed by atoms with E-state index in [9.17, 15) is 0 Å². The summed E-state index contributed by atoms with van der Waals surface area (Å²) in [6.45, 7) is 2.00. The second-order valence-electron chi connectivity index (χ2n) is 4.51. The standard InChI is InChI=1S/C12H23N3O/c1-10(13)6-2-3-7-11-8-4-5-9-12(14-11)15-16/h2-3,10-11,16H,4-9,13H2,1H3,(H,14,15)/b3-2-. The van der Waals surface area contributed by atoms with E-state index < -0.39 is 0 Å². The highest BCUT2D eigenvalue weighted by atomic mass is 16.5. The van der Waals surface area contributed by atoms with Gasteiger partial charge in [-0.25, -0.2) is 0 Å². The highest BCUT2D eigenvalue weighted by Gasteiger charge is 2.11. The number of aliphatic imine (C=N–C) groups is 1. The van der Waals surface area contributed by atoms with Gasteiger partial charge in [-0.1, -0.05) is 18.6 Å².